The Hall–Kier alpha value is -2.84. The van der Waals surface area contributed by atoms with Crippen LogP contribution >= 0.6 is 0 Å². The fraction of sp³-hybridized carbons (Fsp3) is 0.111. The molecule has 0 fully saturated rings. The van der Waals surface area contributed by atoms with Crippen LogP contribution in [0.4, 0.5) is 10.5 Å². The molecule has 9 nitrogen and oxygen atoms in total. The summed E-state index contributed by atoms with van der Waals surface area (Å²) in [4.78, 5) is 20.3. The second-order valence-electron chi connectivity index (χ2n) is 3.08. The van der Waals surface area contributed by atoms with Crippen molar-refractivity contribution < 1.29 is 19.6 Å². The number of benzene rings is 1. The van der Waals surface area contributed by atoms with Crippen LogP contribution in [0, 0.1) is 10.1 Å². The van der Waals surface area contributed by atoms with Gasteiger partial charge < -0.3 is 15.6 Å². The maximum Gasteiger partial charge on any atom is 0.332 e. The van der Waals surface area contributed by atoms with Gasteiger partial charge in [0.15, 0.2) is 0 Å². The molecule has 0 aliphatic carbocycles. The molecule has 1 aromatic rings. The van der Waals surface area contributed by atoms with Gasteiger partial charge in [0.1, 0.15) is 5.75 Å². The zero-order chi connectivity index (χ0) is 13.7. The number of ether oxygens (including phenoxy) is 1. The number of nitro groups is 1. The van der Waals surface area contributed by atoms with E-state index in [2.05, 4.69) is 5.10 Å². The van der Waals surface area contributed by atoms with E-state index in [0.29, 0.717) is 0 Å². The number of hydrazone groups is 1. The quantitative estimate of drug-likeness (QED) is 0.403. The third-order valence-electron chi connectivity index (χ3n) is 1.90. The van der Waals surface area contributed by atoms with E-state index in [0.717, 1.165) is 12.3 Å². The highest BCUT2D eigenvalue weighted by molar-refractivity contribution is 5.87. The van der Waals surface area contributed by atoms with E-state index < -0.39 is 22.4 Å². The summed E-state index contributed by atoms with van der Waals surface area (Å²) in [6.07, 6.45) is 1.01. The van der Waals surface area contributed by atoms with Gasteiger partial charge in [0.2, 0.25) is 5.75 Å². The minimum atomic E-state index is -0.900. The molecule has 0 aromatic heterocycles. The maximum atomic E-state index is 10.7. The number of carbonyl (C=O) groups excluding carboxylic acids is 1. The monoisotopic (exact) mass is 254 g/mol. The Morgan fingerprint density at radius 2 is 2.33 bits per heavy atom. The molecule has 0 saturated heterocycles. The number of carbonyl (C=O) groups is 1. The van der Waals surface area contributed by atoms with E-state index >= 15 is 0 Å². The largest absolute Gasteiger partial charge is 0.502 e. The van der Waals surface area contributed by atoms with Gasteiger partial charge in [-0.05, 0) is 6.07 Å². The molecule has 0 radical (unpaired) electrons. The highest BCUT2D eigenvalue weighted by atomic mass is 16.6. The molecule has 0 heterocycles. The molecule has 18 heavy (non-hydrogen) atoms. The molecule has 0 aliphatic heterocycles. The first-order valence-electron chi connectivity index (χ1n) is 4.59. The molecule has 0 bridgehead atoms. The Bertz CT molecular complexity index is 514. The molecule has 1 rings (SSSR count). The molecular weight excluding hydrogens is 244 g/mol. The molecule has 96 valence electrons. The zero-order valence-electron chi connectivity index (χ0n) is 9.28. The van der Waals surface area contributed by atoms with Crippen LogP contribution in [-0.4, -0.2) is 29.4 Å². The van der Waals surface area contributed by atoms with E-state index in [4.69, 9.17) is 10.5 Å². The number of urea groups is 1. The van der Waals surface area contributed by atoms with Crippen molar-refractivity contribution in [3.05, 3.63) is 27.8 Å². The molecule has 9 heteroatoms. The maximum absolute atomic E-state index is 10.7. The first kappa shape index (κ1) is 13.2. The van der Waals surface area contributed by atoms with Gasteiger partial charge in [0, 0.05) is 5.56 Å². The number of aromatic hydroxyl groups is 1. The van der Waals surface area contributed by atoms with Crippen LogP contribution < -0.4 is 15.9 Å². The standard InChI is InChI=1S/C9H10N4O5/c1-18-6-2-5(4-11-12-9(10)15)8(14)7(3-6)13(16)17/h2-4,14H,1H3,(H3,10,12,15)/b11-4-. The highest BCUT2D eigenvalue weighted by Gasteiger charge is 2.18. The highest BCUT2D eigenvalue weighted by Crippen LogP contribution is 2.33. The predicted octanol–water partition coefficient (Wildman–Crippen LogP) is 0.311. The summed E-state index contributed by atoms with van der Waals surface area (Å²) in [5.74, 6) is -0.421. The van der Waals surface area contributed by atoms with Gasteiger partial charge in [-0.2, -0.15) is 5.10 Å². The van der Waals surface area contributed by atoms with Crippen LogP contribution in [0.15, 0.2) is 17.2 Å². The summed E-state index contributed by atoms with van der Waals surface area (Å²) in [5.41, 5.74) is 6.14. The zero-order valence-corrected chi connectivity index (χ0v) is 9.28. The average Bonchev–Trinajstić information content (AvgIpc) is 2.30. The molecular formula is C9H10N4O5. The summed E-state index contributed by atoms with van der Waals surface area (Å²) < 4.78 is 4.84. The summed E-state index contributed by atoms with van der Waals surface area (Å²) in [6, 6.07) is 1.48. The van der Waals surface area contributed by atoms with Crippen LogP contribution in [0.2, 0.25) is 0 Å². The van der Waals surface area contributed by atoms with Crippen molar-refractivity contribution in [2.24, 2.45) is 10.8 Å². The minimum Gasteiger partial charge on any atom is -0.502 e. The van der Waals surface area contributed by atoms with Crippen molar-refractivity contribution in [3.8, 4) is 11.5 Å². The molecule has 0 atom stereocenters. The number of hydrogen-bond acceptors (Lipinski definition) is 6. The molecule has 0 unspecified atom stereocenters. The van der Waals surface area contributed by atoms with E-state index in [9.17, 15) is 20.0 Å². The number of nitrogens with zero attached hydrogens (tertiary/aromatic N) is 2. The third kappa shape index (κ3) is 3.07. The van der Waals surface area contributed by atoms with E-state index in [1.165, 1.54) is 13.2 Å². The van der Waals surface area contributed by atoms with Crippen molar-refractivity contribution in [2.75, 3.05) is 7.11 Å². The number of phenolic OH excluding ortho intramolecular Hbond substituents is 1. The molecule has 4 N–H and O–H groups in total. The number of rotatable bonds is 4. The van der Waals surface area contributed by atoms with E-state index in [1.807, 2.05) is 5.43 Å². The van der Waals surface area contributed by atoms with Gasteiger partial charge in [-0.25, -0.2) is 10.2 Å². The van der Waals surface area contributed by atoms with Crippen molar-refractivity contribution >= 4 is 17.9 Å². The fourth-order valence-electron chi connectivity index (χ4n) is 1.14. The van der Waals surface area contributed by atoms with Crippen LogP contribution in [0.5, 0.6) is 11.5 Å². The summed E-state index contributed by atoms with van der Waals surface area (Å²) in [6.45, 7) is 0. The lowest BCUT2D eigenvalue weighted by atomic mass is 10.1. The second-order valence-corrected chi connectivity index (χ2v) is 3.08. The Morgan fingerprint density at radius 3 is 2.83 bits per heavy atom. The average molecular weight is 254 g/mol. The summed E-state index contributed by atoms with van der Waals surface area (Å²) in [7, 11) is 1.32. The lowest BCUT2D eigenvalue weighted by Gasteiger charge is -2.04. The molecule has 2 amide bonds. The number of hydrogen-bond donors (Lipinski definition) is 3. The van der Waals surface area contributed by atoms with Gasteiger partial charge in [-0.1, -0.05) is 0 Å². The Labute approximate surface area is 101 Å². The molecule has 0 aliphatic rings. The number of nitrogens with two attached hydrogens (primary N) is 1. The first-order valence-corrected chi connectivity index (χ1v) is 4.59. The number of nitrogens with one attached hydrogen (secondary N) is 1. The number of methoxy groups -OCH3 is 1. The van der Waals surface area contributed by atoms with Gasteiger partial charge >= 0.3 is 11.7 Å². The molecule has 1 aromatic carbocycles. The number of phenols is 1. The summed E-state index contributed by atoms with van der Waals surface area (Å²) >= 11 is 0. The third-order valence-corrected chi connectivity index (χ3v) is 1.90. The van der Waals surface area contributed by atoms with Gasteiger partial charge in [0.25, 0.3) is 0 Å². The number of nitro benzene ring substituents is 1. The molecule has 0 spiro atoms. The lowest BCUT2D eigenvalue weighted by molar-refractivity contribution is -0.385. The number of primary amides is 1. The van der Waals surface area contributed by atoms with Gasteiger partial charge in [0.05, 0.1) is 24.3 Å². The van der Waals surface area contributed by atoms with Crippen molar-refractivity contribution in [3.63, 3.8) is 0 Å². The van der Waals surface area contributed by atoms with Crippen LogP contribution in [-0.2, 0) is 0 Å². The minimum absolute atomic E-state index is 0.00907. The van der Waals surface area contributed by atoms with E-state index in [1.54, 1.807) is 0 Å². The number of amides is 2. The van der Waals surface area contributed by atoms with Crippen molar-refractivity contribution in [1.82, 2.24) is 5.43 Å². The first-order chi connectivity index (χ1) is 8.45. The summed E-state index contributed by atoms with van der Waals surface area (Å²) in [5, 5.41) is 23.7. The van der Waals surface area contributed by atoms with Crippen LogP contribution in [0.1, 0.15) is 5.56 Å². The Balaban J connectivity index is 3.17. The van der Waals surface area contributed by atoms with Crippen LogP contribution in [0.3, 0.4) is 0 Å². The fourth-order valence-corrected chi connectivity index (χ4v) is 1.14. The predicted molar refractivity (Wildman–Crippen MR) is 61.6 cm³/mol. The Kier molecular flexibility index (Phi) is 4.02. The van der Waals surface area contributed by atoms with Crippen molar-refractivity contribution in [1.29, 1.82) is 0 Å². The van der Waals surface area contributed by atoms with Gasteiger partial charge in [-0.3, -0.25) is 10.1 Å². The topological polar surface area (TPSA) is 140 Å². The van der Waals surface area contributed by atoms with Crippen molar-refractivity contribution in [2.45, 2.75) is 0 Å². The van der Waals surface area contributed by atoms with E-state index in [-0.39, 0.29) is 11.3 Å². The second kappa shape index (κ2) is 5.48. The Morgan fingerprint density at radius 1 is 1.67 bits per heavy atom. The van der Waals surface area contributed by atoms with Gasteiger partial charge in [-0.15, -0.1) is 0 Å². The smallest absolute Gasteiger partial charge is 0.332 e. The normalized spacial score (nSPS) is 10.3. The lowest BCUT2D eigenvalue weighted by Crippen LogP contribution is -2.24. The SMILES string of the molecule is COc1cc(/C=N\NC(N)=O)c(O)c([N+](=O)[O-])c1. The molecule has 0 saturated carbocycles. The van der Waals surface area contributed by atoms with Crippen LogP contribution in [0.25, 0.3) is 0 Å².